The molecule has 0 aliphatic carbocycles. The number of rotatable bonds is 5. The van der Waals surface area contributed by atoms with Gasteiger partial charge in [-0.25, -0.2) is 0 Å². The molecule has 0 saturated heterocycles. The second-order valence-corrected chi connectivity index (χ2v) is 6.06. The Labute approximate surface area is 151 Å². The van der Waals surface area contributed by atoms with Gasteiger partial charge in [0, 0.05) is 25.4 Å². The summed E-state index contributed by atoms with van der Waals surface area (Å²) in [6.07, 6.45) is 4.03. The third kappa shape index (κ3) is 3.54. The van der Waals surface area contributed by atoms with E-state index in [-0.39, 0.29) is 12.0 Å². The van der Waals surface area contributed by atoms with Gasteiger partial charge in [-0.2, -0.15) is 0 Å². The molecule has 1 aliphatic heterocycles. The predicted molar refractivity (Wildman–Crippen MR) is 97.3 cm³/mol. The molecule has 1 atom stereocenters. The van der Waals surface area contributed by atoms with Crippen molar-refractivity contribution in [3.63, 3.8) is 0 Å². The minimum Gasteiger partial charge on any atom is -0.486 e. The summed E-state index contributed by atoms with van der Waals surface area (Å²) >= 11 is 0. The number of nitrogens with zero attached hydrogens (tertiary/aromatic N) is 1. The molecule has 4 rings (SSSR count). The second kappa shape index (κ2) is 7.31. The highest BCUT2D eigenvalue weighted by Crippen LogP contribution is 2.31. The first kappa shape index (κ1) is 16.2. The quantitative estimate of drug-likeness (QED) is 0.742. The highest BCUT2D eigenvalue weighted by atomic mass is 16.6. The first-order valence-electron chi connectivity index (χ1n) is 8.56. The average Bonchev–Trinajstić information content (AvgIpc) is 3.23. The lowest BCUT2D eigenvalue weighted by Gasteiger charge is -2.26. The number of H-pyrrole nitrogens is 1. The Morgan fingerprint density at radius 1 is 1.15 bits per heavy atom. The van der Waals surface area contributed by atoms with E-state index in [4.69, 9.17) is 9.47 Å². The Kier molecular flexibility index (Phi) is 4.55. The van der Waals surface area contributed by atoms with Crippen molar-refractivity contribution in [2.24, 2.45) is 0 Å². The standard InChI is InChI=1S/C20H19N3O3/c24-20(14-7-8-17(23-12-14)16-4-3-10-21-16)22-11-9-15-13-25-18-5-1-2-6-19(18)26-15/h1-8,10,12,15,21H,9,11,13H2,(H,22,24)/t15-/m1/s1. The largest absolute Gasteiger partial charge is 0.486 e. The van der Waals surface area contributed by atoms with Crippen molar-refractivity contribution in [3.8, 4) is 22.9 Å². The molecular formula is C20H19N3O3. The van der Waals surface area contributed by atoms with Gasteiger partial charge in [-0.05, 0) is 36.4 Å². The van der Waals surface area contributed by atoms with Gasteiger partial charge in [-0.3, -0.25) is 9.78 Å². The summed E-state index contributed by atoms with van der Waals surface area (Å²) in [6, 6.07) is 15.0. The summed E-state index contributed by atoms with van der Waals surface area (Å²) in [4.78, 5) is 19.7. The minimum atomic E-state index is -0.146. The number of pyridine rings is 1. The van der Waals surface area contributed by atoms with Crippen LogP contribution in [0.15, 0.2) is 60.9 Å². The van der Waals surface area contributed by atoms with E-state index in [0.717, 1.165) is 22.9 Å². The number of carbonyl (C=O) groups is 1. The molecule has 26 heavy (non-hydrogen) atoms. The van der Waals surface area contributed by atoms with Crippen molar-refractivity contribution in [1.29, 1.82) is 0 Å². The van der Waals surface area contributed by atoms with Crippen LogP contribution in [-0.2, 0) is 0 Å². The average molecular weight is 349 g/mol. The molecule has 1 amide bonds. The van der Waals surface area contributed by atoms with Crippen molar-refractivity contribution >= 4 is 5.91 Å². The maximum atomic E-state index is 12.3. The van der Waals surface area contributed by atoms with Crippen molar-refractivity contribution in [2.45, 2.75) is 12.5 Å². The number of hydrogen-bond donors (Lipinski definition) is 2. The van der Waals surface area contributed by atoms with Gasteiger partial charge in [-0.15, -0.1) is 0 Å². The van der Waals surface area contributed by atoms with Crippen LogP contribution >= 0.6 is 0 Å². The van der Waals surface area contributed by atoms with Crippen LogP contribution in [0.2, 0.25) is 0 Å². The van der Waals surface area contributed by atoms with Crippen LogP contribution in [0.5, 0.6) is 11.5 Å². The lowest BCUT2D eigenvalue weighted by molar-refractivity contribution is 0.0812. The number of para-hydroxylation sites is 2. The smallest absolute Gasteiger partial charge is 0.252 e. The van der Waals surface area contributed by atoms with Crippen molar-refractivity contribution < 1.29 is 14.3 Å². The van der Waals surface area contributed by atoms with Crippen LogP contribution in [0.4, 0.5) is 0 Å². The summed E-state index contributed by atoms with van der Waals surface area (Å²) in [6.45, 7) is 0.993. The molecule has 2 N–H and O–H groups in total. The monoisotopic (exact) mass is 349 g/mol. The third-order valence-electron chi connectivity index (χ3n) is 4.22. The van der Waals surface area contributed by atoms with Gasteiger partial charge < -0.3 is 19.8 Å². The topological polar surface area (TPSA) is 76.2 Å². The molecule has 2 aromatic heterocycles. The van der Waals surface area contributed by atoms with E-state index in [9.17, 15) is 4.79 Å². The molecule has 0 spiro atoms. The Bertz CT molecular complexity index is 876. The number of benzene rings is 1. The highest BCUT2D eigenvalue weighted by Gasteiger charge is 2.20. The number of hydrogen-bond acceptors (Lipinski definition) is 4. The highest BCUT2D eigenvalue weighted by molar-refractivity contribution is 5.94. The van der Waals surface area contributed by atoms with E-state index < -0.39 is 0 Å². The number of ether oxygens (including phenoxy) is 2. The predicted octanol–water partition coefficient (Wildman–Crippen LogP) is 3.04. The number of aromatic amines is 1. The first-order chi connectivity index (χ1) is 12.8. The molecule has 132 valence electrons. The summed E-state index contributed by atoms with van der Waals surface area (Å²) in [5, 5.41) is 2.90. The number of aromatic nitrogens is 2. The molecule has 0 fully saturated rings. The van der Waals surface area contributed by atoms with Crippen LogP contribution in [0.3, 0.4) is 0 Å². The Morgan fingerprint density at radius 3 is 2.81 bits per heavy atom. The molecular weight excluding hydrogens is 330 g/mol. The summed E-state index contributed by atoms with van der Waals surface area (Å²) in [5.74, 6) is 1.37. The number of nitrogens with one attached hydrogen (secondary N) is 2. The van der Waals surface area contributed by atoms with Crippen molar-refractivity contribution in [2.75, 3.05) is 13.2 Å². The fourth-order valence-corrected chi connectivity index (χ4v) is 2.83. The summed E-state index contributed by atoms with van der Waals surface area (Å²) < 4.78 is 11.6. The Hall–Kier alpha value is -3.28. The van der Waals surface area contributed by atoms with Gasteiger partial charge in [0.1, 0.15) is 12.7 Å². The fourth-order valence-electron chi connectivity index (χ4n) is 2.83. The van der Waals surface area contributed by atoms with Gasteiger partial charge in [0.15, 0.2) is 11.5 Å². The molecule has 6 heteroatoms. The lowest BCUT2D eigenvalue weighted by atomic mass is 10.2. The normalized spacial score (nSPS) is 15.5. The van der Waals surface area contributed by atoms with Gasteiger partial charge in [0.2, 0.25) is 0 Å². The second-order valence-electron chi connectivity index (χ2n) is 6.06. The van der Waals surface area contributed by atoms with E-state index in [1.165, 1.54) is 0 Å². The Morgan fingerprint density at radius 2 is 2.04 bits per heavy atom. The first-order valence-corrected chi connectivity index (χ1v) is 8.56. The maximum absolute atomic E-state index is 12.3. The molecule has 0 saturated carbocycles. The van der Waals surface area contributed by atoms with E-state index in [1.54, 1.807) is 12.3 Å². The molecule has 1 aliphatic rings. The van der Waals surface area contributed by atoms with Crippen LogP contribution in [0, 0.1) is 0 Å². The molecule has 3 heterocycles. The van der Waals surface area contributed by atoms with Crippen LogP contribution in [0.25, 0.3) is 11.4 Å². The lowest BCUT2D eigenvalue weighted by Crippen LogP contribution is -2.34. The van der Waals surface area contributed by atoms with E-state index in [2.05, 4.69) is 15.3 Å². The molecule has 6 nitrogen and oxygen atoms in total. The van der Waals surface area contributed by atoms with E-state index in [1.807, 2.05) is 48.7 Å². The zero-order chi connectivity index (χ0) is 17.8. The third-order valence-corrected chi connectivity index (χ3v) is 4.22. The van der Waals surface area contributed by atoms with Crippen molar-refractivity contribution in [1.82, 2.24) is 15.3 Å². The molecule has 3 aromatic rings. The number of amides is 1. The maximum Gasteiger partial charge on any atom is 0.252 e. The van der Waals surface area contributed by atoms with E-state index >= 15 is 0 Å². The van der Waals surface area contributed by atoms with Crippen LogP contribution < -0.4 is 14.8 Å². The van der Waals surface area contributed by atoms with Crippen LogP contribution in [-0.4, -0.2) is 35.1 Å². The molecule has 1 aromatic carbocycles. The summed E-state index contributed by atoms with van der Waals surface area (Å²) in [5.41, 5.74) is 2.26. The SMILES string of the molecule is O=C(NCC[C@@H]1COc2ccccc2O1)c1ccc(-c2ccc[nH]2)nc1. The summed E-state index contributed by atoms with van der Waals surface area (Å²) in [7, 11) is 0. The van der Waals surface area contributed by atoms with E-state index in [0.29, 0.717) is 25.1 Å². The zero-order valence-corrected chi connectivity index (χ0v) is 14.1. The molecule has 0 unspecified atom stereocenters. The van der Waals surface area contributed by atoms with Gasteiger partial charge in [-0.1, -0.05) is 12.1 Å². The molecule has 0 bridgehead atoms. The Balaban J connectivity index is 1.28. The molecule has 0 radical (unpaired) electrons. The van der Waals surface area contributed by atoms with Gasteiger partial charge >= 0.3 is 0 Å². The van der Waals surface area contributed by atoms with Crippen LogP contribution in [0.1, 0.15) is 16.8 Å². The van der Waals surface area contributed by atoms with Gasteiger partial charge in [0.05, 0.1) is 17.0 Å². The van der Waals surface area contributed by atoms with Gasteiger partial charge in [0.25, 0.3) is 5.91 Å². The van der Waals surface area contributed by atoms with Crippen molar-refractivity contribution in [3.05, 3.63) is 66.5 Å². The minimum absolute atomic E-state index is 0.0708. The fraction of sp³-hybridized carbons (Fsp3) is 0.200. The zero-order valence-electron chi connectivity index (χ0n) is 14.1. The number of carbonyl (C=O) groups excluding carboxylic acids is 1. The number of fused-ring (bicyclic) bond motifs is 1.